The molecule has 0 amide bonds. The molecule has 10 nitrogen and oxygen atoms in total. The van der Waals surface area contributed by atoms with E-state index in [9.17, 15) is 19.7 Å². The van der Waals surface area contributed by atoms with Gasteiger partial charge in [0.25, 0.3) is 11.2 Å². The monoisotopic (exact) mass is 609 g/mol. The predicted octanol–water partition coefficient (Wildman–Crippen LogP) is 5.44. The molecule has 0 aliphatic carbocycles. The van der Waals surface area contributed by atoms with Crippen molar-refractivity contribution in [1.29, 1.82) is 0 Å². The third-order valence-electron chi connectivity index (χ3n) is 7.46. The predicted molar refractivity (Wildman–Crippen MR) is 166 cm³/mol. The van der Waals surface area contributed by atoms with Crippen molar-refractivity contribution in [3.8, 4) is 17.1 Å². The second-order valence-electron chi connectivity index (χ2n) is 10.2. The van der Waals surface area contributed by atoms with Crippen LogP contribution in [0.15, 0.2) is 92.2 Å². The number of allylic oxidation sites excluding steroid dienone is 1. The lowest BCUT2D eigenvalue weighted by Gasteiger charge is -2.27. The largest absolute Gasteiger partial charge is 0.496 e. The van der Waals surface area contributed by atoms with E-state index in [-0.39, 0.29) is 23.4 Å². The molecular weight excluding hydrogens is 582 g/mol. The Balaban J connectivity index is 1.56. The number of hydrogen-bond acceptors (Lipinski definition) is 9. The first kappa shape index (κ1) is 28.8. The summed E-state index contributed by atoms with van der Waals surface area (Å²) < 4.78 is 19.0. The quantitative estimate of drug-likeness (QED) is 0.137. The van der Waals surface area contributed by atoms with Gasteiger partial charge in [-0.2, -0.15) is 0 Å². The number of carbonyl (C=O) groups is 1. The van der Waals surface area contributed by atoms with Crippen LogP contribution in [0.4, 0.5) is 5.69 Å². The highest BCUT2D eigenvalue weighted by Gasteiger charge is 2.36. The van der Waals surface area contributed by atoms with Crippen molar-refractivity contribution in [3.63, 3.8) is 0 Å². The summed E-state index contributed by atoms with van der Waals surface area (Å²) in [6.07, 6.45) is 1.58. The van der Waals surface area contributed by atoms with E-state index < -0.39 is 16.9 Å². The van der Waals surface area contributed by atoms with Gasteiger partial charge in [-0.15, -0.1) is 0 Å². The SMILES string of the molecule is CCOC(=O)C1=C(C)N=c2s/c(=C/c3ccc(-c4ccc(C)cc4[N+](=O)[O-])o3)c(=O)n2[C@@H]1c1c(OC)ccc2ccccc12. The second kappa shape index (κ2) is 11.4. The Morgan fingerprint density at radius 3 is 2.68 bits per heavy atom. The van der Waals surface area contributed by atoms with E-state index in [0.717, 1.165) is 27.7 Å². The Morgan fingerprint density at radius 1 is 1.14 bits per heavy atom. The standard InChI is InChI=1S/C33H27N3O7S/c1-5-42-32(38)28-19(3)34-33-35(30(28)29-22-9-7-6-8-20(22)11-14-26(29)41-4)31(37)27(44-33)17-21-12-15-25(43-21)23-13-10-18(2)16-24(23)36(39)40/h6-17,30H,5H2,1-4H3/b27-17+/t30-/m0/s1. The van der Waals surface area contributed by atoms with Crippen molar-refractivity contribution in [1.82, 2.24) is 4.57 Å². The average Bonchev–Trinajstić information content (AvgIpc) is 3.59. The highest BCUT2D eigenvalue weighted by Crippen LogP contribution is 2.40. The molecular formula is C33H27N3O7S. The Morgan fingerprint density at radius 2 is 1.93 bits per heavy atom. The molecule has 0 N–H and O–H groups in total. The van der Waals surface area contributed by atoms with Gasteiger partial charge in [-0.1, -0.05) is 47.7 Å². The van der Waals surface area contributed by atoms with Gasteiger partial charge in [-0.3, -0.25) is 19.5 Å². The molecule has 0 unspecified atom stereocenters. The van der Waals surface area contributed by atoms with Gasteiger partial charge in [0.05, 0.1) is 40.0 Å². The number of hydrogen-bond donors (Lipinski definition) is 0. The van der Waals surface area contributed by atoms with E-state index in [0.29, 0.717) is 43.4 Å². The fourth-order valence-electron chi connectivity index (χ4n) is 5.51. The van der Waals surface area contributed by atoms with Gasteiger partial charge in [-0.25, -0.2) is 9.79 Å². The van der Waals surface area contributed by atoms with Crippen molar-refractivity contribution in [3.05, 3.63) is 125 Å². The molecule has 0 saturated carbocycles. The van der Waals surface area contributed by atoms with Crippen LogP contribution < -0.4 is 19.6 Å². The molecule has 44 heavy (non-hydrogen) atoms. The lowest BCUT2D eigenvalue weighted by atomic mass is 9.90. The first-order chi connectivity index (χ1) is 21.2. The van der Waals surface area contributed by atoms with Crippen LogP contribution in [-0.2, 0) is 9.53 Å². The number of ether oxygens (including phenoxy) is 2. The van der Waals surface area contributed by atoms with Gasteiger partial charge in [0.15, 0.2) is 4.80 Å². The third kappa shape index (κ3) is 4.90. The molecule has 5 aromatic rings. The number of nitrogens with zero attached hydrogens (tertiary/aromatic N) is 3. The Hall–Kier alpha value is -5.29. The molecule has 1 atom stereocenters. The summed E-state index contributed by atoms with van der Waals surface area (Å²) in [6, 6.07) is 18.7. The molecule has 11 heteroatoms. The van der Waals surface area contributed by atoms with E-state index in [1.54, 1.807) is 58.2 Å². The number of benzene rings is 3. The zero-order chi connectivity index (χ0) is 31.1. The maximum atomic E-state index is 14.2. The Labute approximate surface area is 255 Å². The molecule has 0 saturated heterocycles. The minimum absolute atomic E-state index is 0.0729. The highest BCUT2D eigenvalue weighted by atomic mass is 32.1. The van der Waals surface area contributed by atoms with Crippen LogP contribution in [0.25, 0.3) is 28.2 Å². The summed E-state index contributed by atoms with van der Waals surface area (Å²) in [6.45, 7) is 5.38. The first-order valence-corrected chi connectivity index (χ1v) is 14.6. The summed E-state index contributed by atoms with van der Waals surface area (Å²) in [5.74, 6) is 0.573. The molecule has 222 valence electrons. The summed E-state index contributed by atoms with van der Waals surface area (Å²) >= 11 is 1.15. The van der Waals surface area contributed by atoms with Gasteiger partial charge in [0, 0.05) is 17.7 Å². The molecule has 3 heterocycles. The first-order valence-electron chi connectivity index (χ1n) is 13.8. The van der Waals surface area contributed by atoms with Crippen LogP contribution in [-0.4, -0.2) is 29.2 Å². The van der Waals surface area contributed by atoms with Crippen LogP contribution in [0.1, 0.15) is 36.8 Å². The van der Waals surface area contributed by atoms with Gasteiger partial charge in [0.2, 0.25) is 0 Å². The van der Waals surface area contributed by atoms with E-state index >= 15 is 0 Å². The smallest absolute Gasteiger partial charge is 0.338 e. The van der Waals surface area contributed by atoms with E-state index in [1.165, 1.54) is 10.6 Å². The van der Waals surface area contributed by atoms with Crippen molar-refractivity contribution >= 4 is 39.8 Å². The molecule has 0 spiro atoms. The zero-order valence-electron chi connectivity index (χ0n) is 24.3. The van der Waals surface area contributed by atoms with Crippen molar-refractivity contribution in [2.45, 2.75) is 26.8 Å². The molecule has 3 aromatic carbocycles. The fourth-order valence-corrected chi connectivity index (χ4v) is 6.53. The molecule has 2 aromatic heterocycles. The maximum absolute atomic E-state index is 14.2. The maximum Gasteiger partial charge on any atom is 0.338 e. The number of aromatic nitrogens is 1. The van der Waals surface area contributed by atoms with Crippen molar-refractivity contribution in [2.24, 2.45) is 4.99 Å². The summed E-state index contributed by atoms with van der Waals surface area (Å²) in [5.41, 5.74) is 1.94. The van der Waals surface area contributed by atoms with Gasteiger partial charge < -0.3 is 13.9 Å². The lowest BCUT2D eigenvalue weighted by molar-refractivity contribution is -0.384. The number of carbonyl (C=O) groups excluding carboxylic acids is 1. The number of methoxy groups -OCH3 is 1. The normalized spacial score (nSPS) is 14.8. The number of furan rings is 1. The van der Waals surface area contributed by atoms with Crippen molar-refractivity contribution in [2.75, 3.05) is 13.7 Å². The molecule has 1 aliphatic heterocycles. The van der Waals surface area contributed by atoms with E-state index in [2.05, 4.69) is 4.99 Å². The topological polar surface area (TPSA) is 126 Å². The number of nitro groups is 1. The fraction of sp³-hybridized carbons (Fsp3) is 0.182. The zero-order valence-corrected chi connectivity index (χ0v) is 25.1. The molecule has 0 fully saturated rings. The molecule has 1 aliphatic rings. The lowest BCUT2D eigenvalue weighted by Crippen LogP contribution is -2.40. The van der Waals surface area contributed by atoms with Crippen LogP contribution in [0.3, 0.4) is 0 Å². The van der Waals surface area contributed by atoms with Crippen LogP contribution in [0.2, 0.25) is 0 Å². The van der Waals surface area contributed by atoms with Crippen LogP contribution in [0.5, 0.6) is 5.75 Å². The second-order valence-corrected chi connectivity index (χ2v) is 11.2. The summed E-state index contributed by atoms with van der Waals surface area (Å²) in [7, 11) is 1.55. The Bertz CT molecular complexity index is 2190. The minimum Gasteiger partial charge on any atom is -0.496 e. The number of aryl methyl sites for hydroxylation is 1. The van der Waals surface area contributed by atoms with Gasteiger partial charge >= 0.3 is 5.97 Å². The third-order valence-corrected chi connectivity index (χ3v) is 8.44. The number of fused-ring (bicyclic) bond motifs is 2. The highest BCUT2D eigenvalue weighted by molar-refractivity contribution is 7.07. The minimum atomic E-state index is -0.879. The van der Waals surface area contributed by atoms with E-state index in [1.807, 2.05) is 36.4 Å². The van der Waals surface area contributed by atoms with Gasteiger partial charge in [0.1, 0.15) is 23.3 Å². The van der Waals surface area contributed by atoms with Gasteiger partial charge in [-0.05, 0) is 61.4 Å². The number of thiazole rings is 1. The number of rotatable bonds is 7. The molecule has 0 bridgehead atoms. The Kier molecular flexibility index (Phi) is 7.48. The number of nitro benzene ring substituents is 1. The molecule has 6 rings (SSSR count). The van der Waals surface area contributed by atoms with Crippen molar-refractivity contribution < 1.29 is 23.6 Å². The summed E-state index contributed by atoms with van der Waals surface area (Å²) in [4.78, 5) is 43.9. The number of esters is 1. The summed E-state index contributed by atoms with van der Waals surface area (Å²) in [5, 5.41) is 13.4. The average molecular weight is 610 g/mol. The van der Waals surface area contributed by atoms with Crippen LogP contribution >= 0.6 is 11.3 Å². The van der Waals surface area contributed by atoms with E-state index in [4.69, 9.17) is 13.9 Å². The van der Waals surface area contributed by atoms with Crippen LogP contribution in [0, 0.1) is 17.0 Å². The molecule has 0 radical (unpaired) electrons.